The predicted molar refractivity (Wildman–Crippen MR) is 86.1 cm³/mol. The molecule has 0 saturated heterocycles. The quantitative estimate of drug-likeness (QED) is 0.845. The van der Waals surface area contributed by atoms with Crippen LogP contribution < -0.4 is 10.5 Å². The molecule has 0 aromatic carbocycles. The van der Waals surface area contributed by atoms with Gasteiger partial charge in [-0.05, 0) is 18.2 Å². The number of rotatable bonds is 5. The van der Waals surface area contributed by atoms with Crippen molar-refractivity contribution in [1.82, 2.24) is 9.97 Å². The maximum atomic E-state index is 12.9. The first-order valence-corrected chi connectivity index (χ1v) is 6.86. The Morgan fingerprint density at radius 1 is 1.30 bits per heavy atom. The van der Waals surface area contributed by atoms with Crippen LogP contribution in [0.3, 0.4) is 0 Å². The van der Waals surface area contributed by atoms with E-state index in [9.17, 15) is 4.39 Å². The highest BCUT2D eigenvalue weighted by Gasteiger charge is 2.21. The number of ether oxygens (including phenoxy) is 1. The predicted octanol–water partition coefficient (Wildman–Crippen LogP) is 2.19. The fourth-order valence-corrected chi connectivity index (χ4v) is 2.14. The zero-order valence-corrected chi connectivity index (χ0v) is 13.0. The van der Waals surface area contributed by atoms with Crippen LogP contribution in [0.25, 0.3) is 11.1 Å². The van der Waals surface area contributed by atoms with Gasteiger partial charge in [-0.15, -0.1) is 12.4 Å². The third kappa shape index (κ3) is 4.14. The molecule has 3 heterocycles. The second-order valence-electron chi connectivity index (χ2n) is 4.85. The second-order valence-corrected chi connectivity index (χ2v) is 4.85. The van der Waals surface area contributed by atoms with Crippen LogP contribution in [0.5, 0.6) is 5.75 Å². The van der Waals surface area contributed by atoms with E-state index in [0.29, 0.717) is 25.3 Å². The van der Waals surface area contributed by atoms with E-state index in [-0.39, 0.29) is 18.5 Å². The van der Waals surface area contributed by atoms with E-state index >= 15 is 0 Å². The molecule has 1 aliphatic rings. The molecule has 8 heteroatoms. The molecule has 3 rings (SSSR count). The first-order chi connectivity index (χ1) is 10.8. The van der Waals surface area contributed by atoms with E-state index in [1.54, 1.807) is 24.5 Å². The van der Waals surface area contributed by atoms with Gasteiger partial charge in [0.15, 0.2) is 6.10 Å². The number of halogens is 2. The van der Waals surface area contributed by atoms with E-state index < -0.39 is 5.95 Å². The zero-order chi connectivity index (χ0) is 15.4. The van der Waals surface area contributed by atoms with E-state index in [1.165, 1.54) is 12.3 Å². The third-order valence-corrected chi connectivity index (χ3v) is 3.27. The summed E-state index contributed by atoms with van der Waals surface area (Å²) in [5.41, 5.74) is 7.82. The topological polar surface area (TPSA) is 82.6 Å². The first-order valence-electron chi connectivity index (χ1n) is 6.86. The van der Waals surface area contributed by atoms with Crippen LogP contribution in [0, 0.1) is 5.95 Å². The van der Waals surface area contributed by atoms with Crippen molar-refractivity contribution >= 4 is 18.1 Å². The molecule has 1 aliphatic heterocycles. The normalized spacial score (nSPS) is 16.3. The van der Waals surface area contributed by atoms with E-state index in [1.807, 2.05) is 0 Å². The molecule has 0 fully saturated rings. The minimum absolute atomic E-state index is 0. The van der Waals surface area contributed by atoms with Crippen molar-refractivity contribution in [1.29, 1.82) is 0 Å². The molecule has 2 aromatic heterocycles. The minimum Gasteiger partial charge on any atom is -0.489 e. The molecular weight excluding hydrogens is 323 g/mol. The molecular formula is C15H16ClFN4O2. The molecule has 6 nitrogen and oxygen atoms in total. The van der Waals surface area contributed by atoms with Crippen molar-refractivity contribution in [3.8, 4) is 16.9 Å². The van der Waals surface area contributed by atoms with Crippen LogP contribution >= 0.6 is 12.4 Å². The number of hydrogen-bond acceptors (Lipinski definition) is 6. The van der Waals surface area contributed by atoms with Crippen molar-refractivity contribution in [2.75, 3.05) is 13.2 Å². The molecule has 0 radical (unpaired) electrons. The fourth-order valence-electron chi connectivity index (χ4n) is 2.14. The largest absolute Gasteiger partial charge is 0.489 e. The van der Waals surface area contributed by atoms with Crippen molar-refractivity contribution in [3.05, 3.63) is 42.7 Å². The highest BCUT2D eigenvalue weighted by molar-refractivity contribution is 5.87. The van der Waals surface area contributed by atoms with Gasteiger partial charge in [-0.2, -0.15) is 4.39 Å². The molecule has 2 aromatic rings. The highest BCUT2D eigenvalue weighted by atomic mass is 35.5. The fraction of sp³-hybridized carbons (Fsp3) is 0.267. The molecule has 1 unspecified atom stereocenters. The SMILES string of the molecule is Cl.NCC1=NOC(COc2ccncc2-c2ccc(F)nc2)C1. The van der Waals surface area contributed by atoms with Gasteiger partial charge in [0.05, 0.1) is 5.71 Å². The average Bonchev–Trinajstić information content (AvgIpc) is 3.02. The number of aromatic nitrogens is 2. The number of nitrogens with zero attached hydrogens (tertiary/aromatic N) is 3. The highest BCUT2D eigenvalue weighted by Crippen LogP contribution is 2.29. The van der Waals surface area contributed by atoms with Crippen LogP contribution in [0.2, 0.25) is 0 Å². The summed E-state index contributed by atoms with van der Waals surface area (Å²) in [5, 5.41) is 3.89. The molecule has 0 spiro atoms. The molecule has 122 valence electrons. The lowest BCUT2D eigenvalue weighted by atomic mass is 10.1. The van der Waals surface area contributed by atoms with E-state index in [2.05, 4.69) is 15.1 Å². The average molecular weight is 339 g/mol. The number of pyridine rings is 2. The Morgan fingerprint density at radius 2 is 2.17 bits per heavy atom. The van der Waals surface area contributed by atoms with Crippen molar-refractivity contribution < 1.29 is 14.0 Å². The first kappa shape index (κ1) is 17.1. The maximum Gasteiger partial charge on any atom is 0.212 e. The van der Waals surface area contributed by atoms with Gasteiger partial charge in [-0.25, -0.2) is 4.98 Å². The lowest BCUT2D eigenvalue weighted by Crippen LogP contribution is -2.20. The summed E-state index contributed by atoms with van der Waals surface area (Å²) in [7, 11) is 0. The zero-order valence-electron chi connectivity index (χ0n) is 12.2. The van der Waals surface area contributed by atoms with Crippen LogP contribution in [-0.2, 0) is 4.84 Å². The molecule has 0 bridgehead atoms. The third-order valence-electron chi connectivity index (χ3n) is 3.27. The van der Waals surface area contributed by atoms with Crippen molar-refractivity contribution in [2.45, 2.75) is 12.5 Å². The summed E-state index contributed by atoms with van der Waals surface area (Å²) in [6, 6.07) is 4.68. The summed E-state index contributed by atoms with van der Waals surface area (Å²) in [6.07, 6.45) is 5.25. The van der Waals surface area contributed by atoms with E-state index in [4.69, 9.17) is 15.3 Å². The van der Waals surface area contributed by atoms with Gasteiger partial charge in [0.25, 0.3) is 0 Å². The Bertz CT molecular complexity index is 681. The molecule has 2 N–H and O–H groups in total. The molecule has 1 atom stereocenters. The lowest BCUT2D eigenvalue weighted by molar-refractivity contribution is 0.0472. The Balaban J connectivity index is 0.00000192. The Labute approximate surface area is 138 Å². The minimum atomic E-state index is -0.527. The molecule has 0 saturated carbocycles. The second kappa shape index (κ2) is 7.85. The summed E-state index contributed by atoms with van der Waals surface area (Å²) in [5.74, 6) is 0.106. The Morgan fingerprint density at radius 3 is 2.87 bits per heavy atom. The van der Waals surface area contributed by atoms with Crippen molar-refractivity contribution in [3.63, 3.8) is 0 Å². The van der Waals surface area contributed by atoms with Crippen LogP contribution in [0.1, 0.15) is 6.42 Å². The van der Waals surface area contributed by atoms with Crippen LogP contribution in [-0.4, -0.2) is 34.9 Å². The molecule has 0 aliphatic carbocycles. The van der Waals surface area contributed by atoms with E-state index in [0.717, 1.165) is 16.8 Å². The number of nitrogens with two attached hydrogens (primary N) is 1. The summed E-state index contributed by atoms with van der Waals surface area (Å²) in [4.78, 5) is 13.0. The van der Waals surface area contributed by atoms with Crippen LogP contribution in [0.4, 0.5) is 4.39 Å². The van der Waals surface area contributed by atoms with Gasteiger partial charge < -0.3 is 15.3 Å². The van der Waals surface area contributed by atoms with Gasteiger partial charge in [-0.1, -0.05) is 5.16 Å². The summed E-state index contributed by atoms with van der Waals surface area (Å²) >= 11 is 0. The van der Waals surface area contributed by atoms with Gasteiger partial charge in [0.1, 0.15) is 12.4 Å². The monoisotopic (exact) mass is 338 g/mol. The van der Waals surface area contributed by atoms with Crippen molar-refractivity contribution in [2.24, 2.45) is 10.9 Å². The number of oxime groups is 1. The molecule has 23 heavy (non-hydrogen) atoms. The summed E-state index contributed by atoms with van der Waals surface area (Å²) in [6.45, 7) is 0.733. The standard InChI is InChI=1S/C15H15FN4O2.ClH/c16-15-2-1-10(7-19-15)13-8-18-4-3-14(13)21-9-12-5-11(6-17)20-22-12;/h1-4,7-8,12H,5-6,9,17H2;1H. The van der Waals surface area contributed by atoms with Gasteiger partial charge in [0.2, 0.25) is 5.95 Å². The number of hydrogen-bond donors (Lipinski definition) is 1. The van der Waals surface area contributed by atoms with Gasteiger partial charge in [0, 0.05) is 42.7 Å². The Hall–Kier alpha value is -2.25. The smallest absolute Gasteiger partial charge is 0.212 e. The maximum absolute atomic E-state index is 12.9. The Kier molecular flexibility index (Phi) is 5.84. The van der Waals surface area contributed by atoms with Gasteiger partial charge >= 0.3 is 0 Å². The lowest BCUT2D eigenvalue weighted by Gasteiger charge is -2.13. The molecule has 0 amide bonds. The summed E-state index contributed by atoms with van der Waals surface area (Å²) < 4.78 is 18.7. The van der Waals surface area contributed by atoms with Gasteiger partial charge in [-0.3, -0.25) is 4.98 Å². The van der Waals surface area contributed by atoms with Crippen LogP contribution in [0.15, 0.2) is 41.9 Å².